The van der Waals surface area contributed by atoms with Crippen LogP contribution in [0, 0.1) is 0 Å². The number of aliphatic hydroxyl groups is 1. The Morgan fingerprint density at radius 1 is 1.15 bits per heavy atom. The van der Waals surface area contributed by atoms with Gasteiger partial charge in [-0.3, -0.25) is 4.79 Å². The van der Waals surface area contributed by atoms with E-state index in [9.17, 15) is 4.79 Å². The molecule has 2 heterocycles. The molecule has 4 rings (SSSR count). The molecule has 39 heavy (non-hydrogen) atoms. The van der Waals surface area contributed by atoms with Crippen molar-refractivity contribution < 1.29 is 19.4 Å². The van der Waals surface area contributed by atoms with E-state index in [2.05, 4.69) is 27.1 Å². The summed E-state index contributed by atoms with van der Waals surface area (Å²) in [4.78, 5) is 21.5. The molecule has 0 radical (unpaired) electrons. The fourth-order valence-corrected chi connectivity index (χ4v) is 4.36. The van der Waals surface area contributed by atoms with Crippen molar-refractivity contribution in [2.24, 2.45) is 0 Å². The van der Waals surface area contributed by atoms with Gasteiger partial charge in [-0.15, -0.1) is 6.58 Å². The number of aliphatic hydroxyl groups excluding tert-OH is 1. The highest BCUT2D eigenvalue weighted by atomic mass is 35.5. The average Bonchev–Trinajstić information content (AvgIpc) is 2.97. The zero-order valence-electron chi connectivity index (χ0n) is 21.8. The van der Waals surface area contributed by atoms with Gasteiger partial charge in [-0.25, -0.2) is 4.98 Å². The van der Waals surface area contributed by atoms with E-state index in [1.165, 1.54) is 6.08 Å². The van der Waals surface area contributed by atoms with Gasteiger partial charge in [0.1, 0.15) is 11.6 Å². The summed E-state index contributed by atoms with van der Waals surface area (Å²) in [5.41, 5.74) is 3.42. The van der Waals surface area contributed by atoms with Crippen LogP contribution >= 0.6 is 11.6 Å². The van der Waals surface area contributed by atoms with Gasteiger partial charge in [-0.1, -0.05) is 29.8 Å². The van der Waals surface area contributed by atoms with Gasteiger partial charge in [0.05, 0.1) is 60.4 Å². The number of methoxy groups -OCH3 is 1. The molecule has 9 nitrogen and oxygen atoms in total. The Morgan fingerprint density at radius 3 is 2.69 bits per heavy atom. The monoisotopic (exact) mass is 549 g/mol. The molecule has 1 fully saturated rings. The molecule has 1 aromatic heterocycles. The van der Waals surface area contributed by atoms with Gasteiger partial charge in [0.25, 0.3) is 5.91 Å². The number of pyridine rings is 1. The summed E-state index contributed by atoms with van der Waals surface area (Å²) in [5, 5.41) is 16.0. The lowest BCUT2D eigenvalue weighted by Gasteiger charge is -2.29. The number of ether oxygens (including phenoxy) is 2. The predicted molar refractivity (Wildman–Crippen MR) is 156 cm³/mol. The highest BCUT2D eigenvalue weighted by Gasteiger charge is 2.19. The molecule has 0 unspecified atom stereocenters. The molecule has 1 saturated heterocycles. The minimum Gasteiger partial charge on any atom is -0.516 e. The van der Waals surface area contributed by atoms with Crippen LogP contribution in [-0.4, -0.2) is 67.4 Å². The zero-order valence-corrected chi connectivity index (χ0v) is 22.5. The van der Waals surface area contributed by atoms with E-state index in [0.717, 1.165) is 30.7 Å². The number of nitrogens with one attached hydrogen (secondary N) is 2. The van der Waals surface area contributed by atoms with E-state index in [4.69, 9.17) is 26.2 Å². The van der Waals surface area contributed by atoms with Crippen molar-refractivity contribution in [3.63, 3.8) is 0 Å². The van der Waals surface area contributed by atoms with Crippen LogP contribution in [-0.2, 0) is 4.74 Å². The maximum atomic E-state index is 13.3. The maximum Gasteiger partial charge on any atom is 0.256 e. The lowest BCUT2D eigenvalue weighted by atomic mass is 10.1. The van der Waals surface area contributed by atoms with Gasteiger partial charge >= 0.3 is 0 Å². The van der Waals surface area contributed by atoms with E-state index in [-0.39, 0.29) is 12.5 Å². The van der Waals surface area contributed by atoms with Crippen molar-refractivity contribution in [1.29, 1.82) is 0 Å². The van der Waals surface area contributed by atoms with Crippen LogP contribution in [0.1, 0.15) is 10.4 Å². The molecule has 3 N–H and O–H groups in total. The fraction of sp³-hybridized carbons (Fsp3) is 0.241. The molecule has 2 aromatic carbocycles. The van der Waals surface area contributed by atoms with Crippen molar-refractivity contribution in [2.45, 2.75) is 0 Å². The molecule has 0 bridgehead atoms. The summed E-state index contributed by atoms with van der Waals surface area (Å²) in [6.07, 6.45) is 5.60. The van der Waals surface area contributed by atoms with Crippen molar-refractivity contribution in [2.75, 3.05) is 62.0 Å². The number of carbonyl (C=O) groups is 1. The number of anilines is 5. The first-order valence-corrected chi connectivity index (χ1v) is 12.9. The minimum atomic E-state index is -0.218. The molecule has 10 heteroatoms. The lowest BCUT2D eigenvalue weighted by Crippen LogP contribution is -2.36. The summed E-state index contributed by atoms with van der Waals surface area (Å²) >= 11 is 6.49. The highest BCUT2D eigenvalue weighted by molar-refractivity contribution is 6.33. The van der Waals surface area contributed by atoms with E-state index in [0.29, 0.717) is 53.3 Å². The second kappa shape index (κ2) is 13.5. The summed E-state index contributed by atoms with van der Waals surface area (Å²) < 4.78 is 11.1. The zero-order chi connectivity index (χ0) is 27.6. The van der Waals surface area contributed by atoms with Crippen LogP contribution < -0.4 is 20.3 Å². The third-order valence-corrected chi connectivity index (χ3v) is 6.48. The molecular formula is C29H32ClN5O4. The van der Waals surface area contributed by atoms with Gasteiger partial charge in [0, 0.05) is 44.0 Å². The number of halogens is 1. The smallest absolute Gasteiger partial charge is 0.256 e. The van der Waals surface area contributed by atoms with Gasteiger partial charge in [-0.05, 0) is 30.3 Å². The van der Waals surface area contributed by atoms with Crippen molar-refractivity contribution in [1.82, 2.24) is 9.88 Å². The molecular weight excluding hydrogens is 518 g/mol. The number of aromatic nitrogens is 1. The average molecular weight is 550 g/mol. The molecule has 0 saturated carbocycles. The molecule has 0 aliphatic carbocycles. The Balaban J connectivity index is 1.56. The quantitative estimate of drug-likeness (QED) is 0.205. The molecule has 0 spiro atoms. The number of nitrogens with zero attached hydrogens (tertiary/aromatic N) is 3. The first-order chi connectivity index (χ1) is 19.0. The van der Waals surface area contributed by atoms with Gasteiger partial charge in [0.15, 0.2) is 0 Å². The highest BCUT2D eigenvalue weighted by Crippen LogP contribution is 2.34. The predicted octanol–water partition coefficient (Wildman–Crippen LogP) is 5.77. The van der Waals surface area contributed by atoms with Crippen molar-refractivity contribution >= 4 is 46.1 Å². The standard InChI is InChI=1S/C29H32ClN5O4/c1-3-11-35(12-6-15-36)29(37)22-7-4-5-8-24(22)32-26-19-28(31-20-23(26)30)33-25-10-9-21(18-27(25)38-2)34-13-16-39-17-14-34/h3-10,15,18-20,36H,1,11-14,16-17H2,2H3,(H2,31,32,33). The van der Waals surface area contributed by atoms with Crippen LogP contribution in [0.4, 0.5) is 28.6 Å². The molecule has 1 aliphatic rings. The van der Waals surface area contributed by atoms with Crippen LogP contribution in [0.2, 0.25) is 5.02 Å². The summed E-state index contributed by atoms with van der Waals surface area (Å²) in [7, 11) is 1.63. The Kier molecular flexibility index (Phi) is 9.66. The van der Waals surface area contributed by atoms with E-state index < -0.39 is 0 Å². The summed E-state index contributed by atoms with van der Waals surface area (Å²) in [5.74, 6) is 1.01. The van der Waals surface area contributed by atoms with E-state index in [1.54, 1.807) is 48.5 Å². The summed E-state index contributed by atoms with van der Waals surface area (Å²) in [6.45, 7) is 7.36. The Labute approximate surface area is 233 Å². The lowest BCUT2D eigenvalue weighted by molar-refractivity contribution is 0.0791. The van der Waals surface area contributed by atoms with Gasteiger partial charge in [-0.2, -0.15) is 0 Å². The van der Waals surface area contributed by atoms with E-state index in [1.807, 2.05) is 24.3 Å². The number of hydrogen-bond acceptors (Lipinski definition) is 8. The summed E-state index contributed by atoms with van der Waals surface area (Å²) in [6, 6.07) is 14.9. The van der Waals surface area contributed by atoms with Crippen LogP contribution in [0.15, 0.2) is 79.7 Å². The first kappa shape index (κ1) is 27.8. The number of morpholine rings is 1. The van der Waals surface area contributed by atoms with Crippen LogP contribution in [0.3, 0.4) is 0 Å². The Morgan fingerprint density at radius 2 is 1.95 bits per heavy atom. The maximum absolute atomic E-state index is 13.3. The fourth-order valence-electron chi connectivity index (χ4n) is 4.21. The number of carbonyl (C=O) groups excluding carboxylic acids is 1. The number of benzene rings is 2. The third-order valence-electron chi connectivity index (χ3n) is 6.17. The third kappa shape index (κ3) is 7.01. The molecule has 1 amide bonds. The Bertz CT molecular complexity index is 1330. The second-order valence-corrected chi connectivity index (χ2v) is 9.12. The molecule has 1 aliphatic heterocycles. The molecule has 3 aromatic rings. The van der Waals surface area contributed by atoms with Crippen molar-refractivity contribution in [3.8, 4) is 5.75 Å². The Hall–Kier alpha value is -4.21. The number of para-hydroxylation sites is 1. The number of hydrogen-bond donors (Lipinski definition) is 3. The number of rotatable bonds is 11. The van der Waals surface area contributed by atoms with Crippen LogP contribution in [0.25, 0.3) is 0 Å². The first-order valence-electron chi connectivity index (χ1n) is 12.5. The van der Waals surface area contributed by atoms with Crippen molar-refractivity contribution in [3.05, 3.63) is 90.3 Å². The second-order valence-electron chi connectivity index (χ2n) is 8.71. The largest absolute Gasteiger partial charge is 0.516 e. The minimum absolute atomic E-state index is 0.218. The van der Waals surface area contributed by atoms with Gasteiger partial charge in [0.2, 0.25) is 0 Å². The normalized spacial score (nSPS) is 13.2. The van der Waals surface area contributed by atoms with Crippen LogP contribution in [0.5, 0.6) is 5.75 Å². The topological polar surface area (TPSA) is 99.2 Å². The molecule has 204 valence electrons. The SMILES string of the molecule is C=CCN(CC=CO)C(=O)c1ccccc1Nc1cc(Nc2ccc(N3CCOCC3)cc2OC)ncc1Cl. The number of amides is 1. The molecule has 0 atom stereocenters. The van der Waals surface area contributed by atoms with Gasteiger partial charge < -0.3 is 35.0 Å². The van der Waals surface area contributed by atoms with E-state index >= 15 is 0 Å².